The van der Waals surface area contributed by atoms with Gasteiger partial charge in [0, 0.05) is 13.1 Å². The average Bonchev–Trinajstić information content (AvgIpc) is 2.54. The first-order chi connectivity index (χ1) is 10.3. The van der Waals surface area contributed by atoms with E-state index in [4.69, 9.17) is 0 Å². The third-order valence-electron chi connectivity index (χ3n) is 5.08. The number of fused-ring (bicyclic) bond motifs is 1. The van der Waals surface area contributed by atoms with Gasteiger partial charge in [0.15, 0.2) is 0 Å². The Labute approximate surface area is 127 Å². The lowest BCUT2D eigenvalue weighted by Gasteiger charge is -2.41. The maximum absolute atomic E-state index is 12.1. The zero-order valence-corrected chi connectivity index (χ0v) is 12.8. The summed E-state index contributed by atoms with van der Waals surface area (Å²) in [6, 6.07) is 10.1. The van der Waals surface area contributed by atoms with E-state index in [1.807, 2.05) is 30.3 Å². The number of carbonyl (C=O) groups is 1. The van der Waals surface area contributed by atoms with E-state index in [9.17, 15) is 4.79 Å². The maximum atomic E-state index is 12.1. The minimum atomic E-state index is 0.160. The normalized spacial score (nSPS) is 26.1. The molecule has 1 aromatic rings. The first-order valence-electron chi connectivity index (χ1n) is 8.34. The van der Waals surface area contributed by atoms with Crippen molar-refractivity contribution in [1.82, 2.24) is 10.2 Å². The van der Waals surface area contributed by atoms with Gasteiger partial charge in [-0.25, -0.2) is 0 Å². The molecule has 1 N–H and O–H groups in total. The largest absolute Gasteiger partial charge is 0.351 e. The van der Waals surface area contributed by atoms with Crippen molar-refractivity contribution in [2.45, 2.75) is 38.6 Å². The summed E-state index contributed by atoms with van der Waals surface area (Å²) in [6.07, 6.45) is 6.87. The second-order valence-electron chi connectivity index (χ2n) is 6.59. The standard InChI is InChI=1S/C18H26N2O/c21-18(19-12-15-6-2-1-3-7-15)14-20-11-10-16-8-4-5-9-17(16)13-20/h1-3,6-7,16-17H,4-5,8-14H2,(H,19,21)/t16-,17-/m1/s1. The van der Waals surface area contributed by atoms with Gasteiger partial charge in [0.1, 0.15) is 0 Å². The van der Waals surface area contributed by atoms with Gasteiger partial charge < -0.3 is 5.32 Å². The summed E-state index contributed by atoms with van der Waals surface area (Å²) in [5.41, 5.74) is 1.16. The monoisotopic (exact) mass is 286 g/mol. The minimum Gasteiger partial charge on any atom is -0.351 e. The first kappa shape index (κ1) is 14.6. The smallest absolute Gasteiger partial charge is 0.234 e. The molecular weight excluding hydrogens is 260 g/mol. The minimum absolute atomic E-state index is 0.160. The lowest BCUT2D eigenvalue weighted by molar-refractivity contribution is -0.123. The summed E-state index contributed by atoms with van der Waals surface area (Å²) < 4.78 is 0. The fraction of sp³-hybridized carbons (Fsp3) is 0.611. The Hall–Kier alpha value is -1.35. The van der Waals surface area contributed by atoms with Gasteiger partial charge in [0.05, 0.1) is 6.54 Å². The maximum Gasteiger partial charge on any atom is 0.234 e. The Morgan fingerprint density at radius 1 is 1.10 bits per heavy atom. The first-order valence-corrected chi connectivity index (χ1v) is 8.34. The number of hydrogen-bond acceptors (Lipinski definition) is 2. The Morgan fingerprint density at radius 3 is 2.67 bits per heavy atom. The van der Waals surface area contributed by atoms with Crippen molar-refractivity contribution in [3.63, 3.8) is 0 Å². The van der Waals surface area contributed by atoms with Crippen molar-refractivity contribution < 1.29 is 4.79 Å². The fourth-order valence-electron chi connectivity index (χ4n) is 3.88. The number of likely N-dealkylation sites (tertiary alicyclic amines) is 1. The van der Waals surface area contributed by atoms with Gasteiger partial charge in [-0.1, -0.05) is 49.6 Å². The molecule has 21 heavy (non-hydrogen) atoms. The van der Waals surface area contributed by atoms with Crippen LogP contribution >= 0.6 is 0 Å². The van der Waals surface area contributed by atoms with Gasteiger partial charge in [0.2, 0.25) is 5.91 Å². The van der Waals surface area contributed by atoms with Crippen LogP contribution in [0.25, 0.3) is 0 Å². The number of amides is 1. The van der Waals surface area contributed by atoms with E-state index in [2.05, 4.69) is 10.2 Å². The van der Waals surface area contributed by atoms with E-state index in [0.717, 1.165) is 30.5 Å². The number of carbonyl (C=O) groups excluding carboxylic acids is 1. The van der Waals surface area contributed by atoms with Crippen LogP contribution in [0.2, 0.25) is 0 Å². The van der Waals surface area contributed by atoms with Crippen LogP contribution in [0.1, 0.15) is 37.7 Å². The Kier molecular flexibility index (Phi) is 4.91. The highest BCUT2D eigenvalue weighted by Gasteiger charge is 2.31. The van der Waals surface area contributed by atoms with E-state index < -0.39 is 0 Å². The third-order valence-corrected chi connectivity index (χ3v) is 5.08. The molecule has 1 saturated carbocycles. The van der Waals surface area contributed by atoms with Gasteiger partial charge >= 0.3 is 0 Å². The molecule has 0 bridgehead atoms. The zero-order valence-electron chi connectivity index (χ0n) is 12.8. The summed E-state index contributed by atoms with van der Waals surface area (Å²) in [6.45, 7) is 3.43. The Morgan fingerprint density at radius 2 is 1.86 bits per heavy atom. The summed E-state index contributed by atoms with van der Waals surface area (Å²) in [5.74, 6) is 1.94. The molecule has 1 aromatic carbocycles. The van der Waals surface area contributed by atoms with Crippen LogP contribution in [-0.4, -0.2) is 30.4 Å². The number of piperidine rings is 1. The lowest BCUT2D eigenvalue weighted by atomic mass is 9.75. The number of rotatable bonds is 4. The van der Waals surface area contributed by atoms with Gasteiger partial charge in [-0.2, -0.15) is 0 Å². The zero-order chi connectivity index (χ0) is 14.5. The Bertz CT molecular complexity index is 460. The lowest BCUT2D eigenvalue weighted by Crippen LogP contribution is -2.46. The fourth-order valence-corrected chi connectivity index (χ4v) is 3.88. The van der Waals surface area contributed by atoms with Crippen LogP contribution in [0.15, 0.2) is 30.3 Å². The molecule has 114 valence electrons. The second-order valence-corrected chi connectivity index (χ2v) is 6.59. The molecule has 3 rings (SSSR count). The number of benzene rings is 1. The molecule has 0 aromatic heterocycles. The van der Waals surface area contributed by atoms with Crippen LogP contribution < -0.4 is 5.32 Å². The van der Waals surface area contributed by atoms with Crippen LogP contribution in [0.5, 0.6) is 0 Å². The van der Waals surface area contributed by atoms with E-state index in [-0.39, 0.29) is 5.91 Å². The number of hydrogen-bond donors (Lipinski definition) is 1. The highest BCUT2D eigenvalue weighted by molar-refractivity contribution is 5.78. The average molecular weight is 286 g/mol. The molecule has 3 nitrogen and oxygen atoms in total. The van der Waals surface area contributed by atoms with E-state index in [0.29, 0.717) is 13.1 Å². The summed E-state index contributed by atoms with van der Waals surface area (Å²) in [7, 11) is 0. The van der Waals surface area contributed by atoms with E-state index >= 15 is 0 Å². The van der Waals surface area contributed by atoms with Crippen molar-refractivity contribution >= 4 is 5.91 Å². The van der Waals surface area contributed by atoms with Crippen LogP contribution in [-0.2, 0) is 11.3 Å². The quantitative estimate of drug-likeness (QED) is 0.923. The molecule has 1 saturated heterocycles. The molecule has 2 atom stereocenters. The van der Waals surface area contributed by atoms with Gasteiger partial charge in [-0.15, -0.1) is 0 Å². The van der Waals surface area contributed by atoms with Crippen molar-refractivity contribution in [1.29, 1.82) is 0 Å². The predicted octanol–water partition coefficient (Wildman–Crippen LogP) is 2.81. The van der Waals surface area contributed by atoms with Gasteiger partial charge in [-0.3, -0.25) is 9.69 Å². The SMILES string of the molecule is O=C(CN1CC[C@H]2CCCC[C@@H]2C1)NCc1ccccc1. The molecule has 1 heterocycles. The molecule has 0 spiro atoms. The van der Waals surface area contributed by atoms with Crippen LogP contribution in [0.4, 0.5) is 0 Å². The summed E-state index contributed by atoms with van der Waals surface area (Å²) in [4.78, 5) is 14.4. The molecule has 3 heteroatoms. The molecule has 1 aliphatic carbocycles. The second kappa shape index (κ2) is 7.08. The molecular formula is C18H26N2O. The van der Waals surface area contributed by atoms with Crippen molar-refractivity contribution in [2.24, 2.45) is 11.8 Å². The van der Waals surface area contributed by atoms with Gasteiger partial charge in [-0.05, 0) is 36.8 Å². The third kappa shape index (κ3) is 4.07. The van der Waals surface area contributed by atoms with Crippen molar-refractivity contribution in [3.8, 4) is 0 Å². The molecule has 2 fully saturated rings. The van der Waals surface area contributed by atoms with Crippen LogP contribution in [0, 0.1) is 11.8 Å². The molecule has 0 unspecified atom stereocenters. The Balaban J connectivity index is 1.42. The predicted molar refractivity (Wildman–Crippen MR) is 84.8 cm³/mol. The number of nitrogens with zero attached hydrogens (tertiary/aromatic N) is 1. The van der Waals surface area contributed by atoms with E-state index in [1.165, 1.54) is 32.1 Å². The topological polar surface area (TPSA) is 32.3 Å². The molecule has 2 aliphatic rings. The highest BCUT2D eigenvalue weighted by atomic mass is 16.2. The molecule has 0 radical (unpaired) electrons. The highest BCUT2D eigenvalue weighted by Crippen LogP contribution is 2.35. The number of nitrogens with one attached hydrogen (secondary N) is 1. The van der Waals surface area contributed by atoms with E-state index in [1.54, 1.807) is 0 Å². The van der Waals surface area contributed by atoms with Crippen LogP contribution in [0.3, 0.4) is 0 Å². The molecule has 1 aliphatic heterocycles. The van der Waals surface area contributed by atoms with Crippen molar-refractivity contribution in [3.05, 3.63) is 35.9 Å². The summed E-state index contributed by atoms with van der Waals surface area (Å²) in [5, 5.41) is 3.04. The van der Waals surface area contributed by atoms with Crippen molar-refractivity contribution in [2.75, 3.05) is 19.6 Å². The van der Waals surface area contributed by atoms with Gasteiger partial charge in [0.25, 0.3) is 0 Å². The molecule has 1 amide bonds. The summed E-state index contributed by atoms with van der Waals surface area (Å²) >= 11 is 0.